The summed E-state index contributed by atoms with van der Waals surface area (Å²) in [6, 6.07) is 17.7. The van der Waals surface area contributed by atoms with Gasteiger partial charge in [0.05, 0.1) is 13.2 Å². The first-order valence-corrected chi connectivity index (χ1v) is 8.96. The quantitative estimate of drug-likeness (QED) is 0.814. The van der Waals surface area contributed by atoms with Gasteiger partial charge in [0.15, 0.2) is 0 Å². The first-order valence-electron chi connectivity index (χ1n) is 8.96. The first-order chi connectivity index (χ1) is 12.3. The molecule has 25 heavy (non-hydrogen) atoms. The van der Waals surface area contributed by atoms with E-state index in [1.807, 2.05) is 54.6 Å². The Balaban J connectivity index is 1.76. The number of amides is 1. The van der Waals surface area contributed by atoms with Gasteiger partial charge in [-0.05, 0) is 43.5 Å². The number of carbonyl (C=O) groups excluding carboxylic acids is 1. The Hall–Kier alpha value is -2.33. The summed E-state index contributed by atoms with van der Waals surface area (Å²) in [5, 5.41) is 6.56. The molecule has 4 heteroatoms. The molecule has 1 aliphatic rings. The third-order valence-corrected chi connectivity index (χ3v) is 4.83. The van der Waals surface area contributed by atoms with Crippen molar-refractivity contribution in [2.45, 2.75) is 25.3 Å². The van der Waals surface area contributed by atoms with Gasteiger partial charge in [-0.1, -0.05) is 48.5 Å². The molecule has 0 aliphatic carbocycles. The Bertz CT molecular complexity index is 681. The Morgan fingerprint density at radius 3 is 2.68 bits per heavy atom. The molecule has 1 fully saturated rings. The third kappa shape index (κ3) is 4.60. The molecule has 2 aromatic carbocycles. The number of methoxy groups -OCH3 is 1. The van der Waals surface area contributed by atoms with Crippen LogP contribution in [0.5, 0.6) is 5.75 Å². The molecule has 132 valence electrons. The van der Waals surface area contributed by atoms with E-state index in [2.05, 4.69) is 10.6 Å². The van der Waals surface area contributed by atoms with Gasteiger partial charge in [-0.25, -0.2) is 0 Å². The second kappa shape index (κ2) is 8.67. The van der Waals surface area contributed by atoms with Crippen molar-refractivity contribution >= 4 is 5.91 Å². The van der Waals surface area contributed by atoms with Crippen molar-refractivity contribution in [3.63, 3.8) is 0 Å². The van der Waals surface area contributed by atoms with Crippen molar-refractivity contribution in [2.24, 2.45) is 5.92 Å². The molecule has 0 radical (unpaired) electrons. The lowest BCUT2D eigenvalue weighted by molar-refractivity contribution is -0.121. The summed E-state index contributed by atoms with van der Waals surface area (Å²) < 4.78 is 5.51. The maximum absolute atomic E-state index is 12.6. The van der Waals surface area contributed by atoms with E-state index >= 15 is 0 Å². The Morgan fingerprint density at radius 2 is 1.96 bits per heavy atom. The smallest absolute Gasteiger partial charge is 0.220 e. The molecular weight excluding hydrogens is 312 g/mol. The monoisotopic (exact) mass is 338 g/mol. The van der Waals surface area contributed by atoms with Gasteiger partial charge >= 0.3 is 0 Å². The summed E-state index contributed by atoms with van der Waals surface area (Å²) in [5.74, 6) is 1.50. The number of para-hydroxylation sites is 1. The standard InChI is InChI=1S/C21H26N2O2/c1-25-19-10-6-5-9-18(19)21(17-7-3-2-4-8-17)23-20(24)12-11-16-13-14-22-15-16/h2-10,16,21-22H,11-15H2,1H3,(H,23,24). The van der Waals surface area contributed by atoms with Crippen molar-refractivity contribution in [1.82, 2.24) is 10.6 Å². The molecule has 2 N–H and O–H groups in total. The van der Waals surface area contributed by atoms with Crippen LogP contribution in [0.2, 0.25) is 0 Å². The van der Waals surface area contributed by atoms with Crippen molar-refractivity contribution in [1.29, 1.82) is 0 Å². The fourth-order valence-electron chi connectivity index (χ4n) is 3.42. The average molecular weight is 338 g/mol. The molecule has 0 spiro atoms. The largest absolute Gasteiger partial charge is 0.496 e. The molecule has 2 aromatic rings. The molecule has 4 nitrogen and oxygen atoms in total. The summed E-state index contributed by atoms with van der Waals surface area (Å²) in [7, 11) is 1.66. The number of nitrogens with one attached hydrogen (secondary N) is 2. The molecule has 1 amide bonds. The van der Waals surface area contributed by atoms with Gasteiger partial charge in [-0.2, -0.15) is 0 Å². The van der Waals surface area contributed by atoms with Crippen LogP contribution in [-0.2, 0) is 4.79 Å². The Morgan fingerprint density at radius 1 is 1.20 bits per heavy atom. The Labute approximate surface area is 149 Å². The molecule has 1 saturated heterocycles. The predicted molar refractivity (Wildman–Crippen MR) is 99.6 cm³/mol. The molecule has 2 atom stereocenters. The predicted octanol–water partition coefficient (Wildman–Crippen LogP) is 3.29. The minimum absolute atomic E-state index is 0.0895. The zero-order valence-electron chi connectivity index (χ0n) is 14.7. The minimum Gasteiger partial charge on any atom is -0.496 e. The molecule has 0 aromatic heterocycles. The van der Waals surface area contributed by atoms with E-state index in [4.69, 9.17) is 4.74 Å². The number of carbonyl (C=O) groups is 1. The van der Waals surface area contributed by atoms with Crippen LogP contribution in [0, 0.1) is 5.92 Å². The van der Waals surface area contributed by atoms with Gasteiger partial charge in [-0.15, -0.1) is 0 Å². The fourth-order valence-corrected chi connectivity index (χ4v) is 3.42. The third-order valence-electron chi connectivity index (χ3n) is 4.83. The normalized spacial score (nSPS) is 17.9. The van der Waals surface area contributed by atoms with Crippen LogP contribution < -0.4 is 15.4 Å². The summed E-state index contributed by atoms with van der Waals surface area (Å²) in [6.07, 6.45) is 2.67. The molecule has 3 rings (SSSR count). The SMILES string of the molecule is COc1ccccc1C(NC(=O)CCC1CCNC1)c1ccccc1. The topological polar surface area (TPSA) is 50.4 Å². The van der Waals surface area contributed by atoms with Crippen LogP contribution in [0.1, 0.15) is 36.4 Å². The minimum atomic E-state index is -0.202. The van der Waals surface area contributed by atoms with Crippen molar-refractivity contribution in [3.05, 3.63) is 65.7 Å². The average Bonchev–Trinajstić information content (AvgIpc) is 3.19. The van der Waals surface area contributed by atoms with Gasteiger partial charge in [0.2, 0.25) is 5.91 Å². The van der Waals surface area contributed by atoms with E-state index in [1.165, 1.54) is 6.42 Å². The zero-order chi connectivity index (χ0) is 17.5. The van der Waals surface area contributed by atoms with Crippen molar-refractivity contribution in [2.75, 3.05) is 20.2 Å². The first kappa shape index (κ1) is 17.5. The van der Waals surface area contributed by atoms with Crippen LogP contribution in [0.3, 0.4) is 0 Å². The van der Waals surface area contributed by atoms with E-state index in [0.717, 1.165) is 36.4 Å². The summed E-state index contributed by atoms with van der Waals surface area (Å²) in [6.45, 7) is 2.10. The van der Waals surface area contributed by atoms with E-state index in [0.29, 0.717) is 12.3 Å². The van der Waals surface area contributed by atoms with Gasteiger partial charge in [0, 0.05) is 12.0 Å². The lowest BCUT2D eigenvalue weighted by Crippen LogP contribution is -2.30. The van der Waals surface area contributed by atoms with Crippen LogP contribution >= 0.6 is 0 Å². The maximum atomic E-state index is 12.6. The lowest BCUT2D eigenvalue weighted by Gasteiger charge is -2.22. The molecule has 0 saturated carbocycles. The van der Waals surface area contributed by atoms with Crippen LogP contribution in [0.4, 0.5) is 0 Å². The van der Waals surface area contributed by atoms with Gasteiger partial charge in [-0.3, -0.25) is 4.79 Å². The second-order valence-corrected chi connectivity index (χ2v) is 6.55. The lowest BCUT2D eigenvalue weighted by atomic mass is 9.97. The van der Waals surface area contributed by atoms with Gasteiger partial charge in [0.1, 0.15) is 5.75 Å². The summed E-state index contributed by atoms with van der Waals surface area (Å²) >= 11 is 0. The molecule has 2 unspecified atom stereocenters. The van der Waals surface area contributed by atoms with E-state index in [9.17, 15) is 4.79 Å². The number of ether oxygens (including phenoxy) is 1. The second-order valence-electron chi connectivity index (χ2n) is 6.55. The fraction of sp³-hybridized carbons (Fsp3) is 0.381. The van der Waals surface area contributed by atoms with Gasteiger partial charge < -0.3 is 15.4 Å². The summed E-state index contributed by atoms with van der Waals surface area (Å²) in [5.41, 5.74) is 2.04. The van der Waals surface area contributed by atoms with Gasteiger partial charge in [0.25, 0.3) is 0 Å². The van der Waals surface area contributed by atoms with Crippen LogP contribution in [0.15, 0.2) is 54.6 Å². The molecule has 1 aliphatic heterocycles. The molecule has 1 heterocycles. The molecule has 0 bridgehead atoms. The van der Waals surface area contributed by atoms with Crippen LogP contribution in [-0.4, -0.2) is 26.1 Å². The number of benzene rings is 2. The highest BCUT2D eigenvalue weighted by Gasteiger charge is 2.21. The maximum Gasteiger partial charge on any atom is 0.220 e. The molecular formula is C21H26N2O2. The van der Waals surface area contributed by atoms with Crippen molar-refractivity contribution < 1.29 is 9.53 Å². The number of hydrogen-bond acceptors (Lipinski definition) is 3. The van der Waals surface area contributed by atoms with Crippen molar-refractivity contribution in [3.8, 4) is 5.75 Å². The van der Waals surface area contributed by atoms with E-state index in [1.54, 1.807) is 7.11 Å². The summed E-state index contributed by atoms with van der Waals surface area (Å²) in [4.78, 5) is 12.6. The highest BCUT2D eigenvalue weighted by atomic mass is 16.5. The number of rotatable bonds is 7. The highest BCUT2D eigenvalue weighted by Crippen LogP contribution is 2.30. The highest BCUT2D eigenvalue weighted by molar-refractivity contribution is 5.77. The zero-order valence-corrected chi connectivity index (χ0v) is 14.7. The van der Waals surface area contributed by atoms with E-state index < -0.39 is 0 Å². The van der Waals surface area contributed by atoms with E-state index in [-0.39, 0.29) is 11.9 Å². The Kier molecular flexibility index (Phi) is 6.07. The van der Waals surface area contributed by atoms with Crippen LogP contribution in [0.25, 0.3) is 0 Å². The number of hydrogen-bond donors (Lipinski definition) is 2.